The highest BCUT2D eigenvalue weighted by molar-refractivity contribution is 8.25. The summed E-state index contributed by atoms with van der Waals surface area (Å²) in [7, 11) is -3.59. The lowest BCUT2D eigenvalue weighted by Gasteiger charge is -2.30. The third-order valence-corrected chi connectivity index (χ3v) is 12.6. The van der Waals surface area contributed by atoms with E-state index < -0.39 is 13.6 Å². The maximum atomic E-state index is 14.2. The molecule has 0 atom stereocenters. The van der Waals surface area contributed by atoms with Crippen LogP contribution in [-0.2, 0) is 30.8 Å². The number of hydrogen-bond donors (Lipinski definition) is 0. The van der Waals surface area contributed by atoms with Crippen molar-refractivity contribution in [3.63, 3.8) is 0 Å². The van der Waals surface area contributed by atoms with E-state index in [9.17, 15) is 4.57 Å². The molecular formula is C28H36O3P2S. The molecule has 3 rings (SSSR count). The molecular weight excluding hydrogens is 478 g/mol. The van der Waals surface area contributed by atoms with Crippen molar-refractivity contribution in [1.82, 2.24) is 0 Å². The molecule has 0 bridgehead atoms. The van der Waals surface area contributed by atoms with Gasteiger partial charge in [0.2, 0.25) is 0 Å². The van der Waals surface area contributed by atoms with Gasteiger partial charge in [-0.15, -0.1) is 0 Å². The third-order valence-electron chi connectivity index (χ3n) is 5.39. The SMILES string of the molecule is CC(C)OP(=O)(OC(C)C)c1cc(C(C)(C)C)cc(P(=S)(c2ccccc2)c2ccccc2)c1. The minimum atomic E-state index is -3.59. The second-order valence-electron chi connectivity index (χ2n) is 10.1. The quantitative estimate of drug-likeness (QED) is 0.326. The highest BCUT2D eigenvalue weighted by Gasteiger charge is 2.35. The second-order valence-corrected chi connectivity index (χ2v) is 16.4. The molecule has 3 nitrogen and oxygen atoms in total. The fraction of sp³-hybridized carbons (Fsp3) is 0.357. The van der Waals surface area contributed by atoms with Gasteiger partial charge < -0.3 is 9.05 Å². The maximum absolute atomic E-state index is 14.2. The van der Waals surface area contributed by atoms with E-state index >= 15 is 0 Å². The molecule has 0 unspecified atom stereocenters. The summed E-state index contributed by atoms with van der Waals surface area (Å²) in [6.45, 7) is 14.0. The standard InChI is InChI=1S/C28H36O3P2S/c1-21(2)30-33(29,31-22(3)4)27-19-23(28(5,6)7)18-26(20-27)32(34,24-14-10-8-11-15-24)25-16-12-9-13-17-25/h8-22H,1-7H3. The van der Waals surface area contributed by atoms with Crippen LogP contribution in [0, 0.1) is 0 Å². The topological polar surface area (TPSA) is 35.5 Å². The Hall–Kier alpha value is -1.54. The van der Waals surface area contributed by atoms with E-state index in [1.165, 1.54) is 0 Å². The first-order chi connectivity index (χ1) is 15.9. The van der Waals surface area contributed by atoms with Gasteiger partial charge in [0.15, 0.2) is 0 Å². The van der Waals surface area contributed by atoms with Crippen molar-refractivity contribution < 1.29 is 13.6 Å². The summed E-state index contributed by atoms with van der Waals surface area (Å²) in [5.74, 6) is 0. The van der Waals surface area contributed by atoms with Gasteiger partial charge >= 0.3 is 7.60 Å². The predicted octanol–water partition coefficient (Wildman–Crippen LogP) is 6.41. The summed E-state index contributed by atoms with van der Waals surface area (Å²) in [6.07, 6.45) is -0.504. The van der Waals surface area contributed by atoms with Crippen molar-refractivity contribution in [3.8, 4) is 0 Å². The van der Waals surface area contributed by atoms with Gasteiger partial charge in [-0.25, -0.2) is 0 Å². The molecule has 0 amide bonds. The fourth-order valence-electron chi connectivity index (χ4n) is 3.79. The van der Waals surface area contributed by atoms with Gasteiger partial charge in [0.05, 0.1) is 17.5 Å². The highest BCUT2D eigenvalue weighted by atomic mass is 32.4. The monoisotopic (exact) mass is 514 g/mol. The molecule has 0 aliphatic carbocycles. The van der Waals surface area contributed by atoms with Gasteiger partial charge in [0.25, 0.3) is 0 Å². The highest BCUT2D eigenvalue weighted by Crippen LogP contribution is 2.51. The van der Waals surface area contributed by atoms with Crippen molar-refractivity contribution in [2.45, 2.75) is 66.1 Å². The number of benzene rings is 3. The van der Waals surface area contributed by atoms with E-state index in [1.807, 2.05) is 76.2 Å². The lowest BCUT2D eigenvalue weighted by molar-refractivity contribution is 0.150. The van der Waals surface area contributed by atoms with Crippen LogP contribution in [0.25, 0.3) is 0 Å². The molecule has 0 N–H and O–H groups in total. The van der Waals surface area contributed by atoms with Gasteiger partial charge in [-0.2, -0.15) is 0 Å². The van der Waals surface area contributed by atoms with Crippen LogP contribution in [0.5, 0.6) is 0 Å². The molecule has 0 aromatic heterocycles. The number of hydrogen-bond acceptors (Lipinski definition) is 4. The summed E-state index contributed by atoms with van der Waals surface area (Å²) in [5, 5.41) is 3.75. The normalized spacial score (nSPS) is 13.0. The zero-order chi connectivity index (χ0) is 25.1. The Kier molecular flexibility index (Phi) is 8.44. The van der Waals surface area contributed by atoms with Crippen LogP contribution in [0.3, 0.4) is 0 Å². The van der Waals surface area contributed by atoms with Crippen LogP contribution in [-0.4, -0.2) is 12.2 Å². The van der Waals surface area contributed by atoms with E-state index in [2.05, 4.69) is 51.1 Å². The van der Waals surface area contributed by atoms with Crippen molar-refractivity contribution in [2.24, 2.45) is 0 Å². The molecule has 0 aliphatic heterocycles. The second kappa shape index (κ2) is 10.6. The van der Waals surface area contributed by atoms with Crippen molar-refractivity contribution in [3.05, 3.63) is 84.4 Å². The van der Waals surface area contributed by atoms with Crippen LogP contribution < -0.4 is 21.2 Å². The Morgan fingerprint density at radius 1 is 0.676 bits per heavy atom. The lowest BCUT2D eigenvalue weighted by Crippen LogP contribution is -2.30. The minimum Gasteiger partial charge on any atom is -0.302 e. The van der Waals surface area contributed by atoms with Crippen LogP contribution >= 0.6 is 13.6 Å². The van der Waals surface area contributed by atoms with Gasteiger partial charge in [-0.1, -0.05) is 93.2 Å². The van der Waals surface area contributed by atoms with Crippen LogP contribution in [0.2, 0.25) is 0 Å². The first kappa shape index (κ1) is 27.1. The molecule has 0 saturated heterocycles. The minimum absolute atomic E-state index is 0.182. The van der Waals surface area contributed by atoms with Crippen molar-refractivity contribution in [1.29, 1.82) is 0 Å². The lowest BCUT2D eigenvalue weighted by atomic mass is 9.87. The summed E-state index contributed by atoms with van der Waals surface area (Å²) in [4.78, 5) is 0. The Morgan fingerprint density at radius 3 is 1.47 bits per heavy atom. The van der Waals surface area contributed by atoms with Gasteiger partial charge in [0.1, 0.15) is 0 Å². The summed E-state index contributed by atoms with van der Waals surface area (Å²) in [5.41, 5.74) is 0.875. The Morgan fingerprint density at radius 2 is 1.09 bits per heavy atom. The molecule has 0 aliphatic rings. The van der Waals surface area contributed by atoms with Crippen molar-refractivity contribution in [2.75, 3.05) is 0 Å². The zero-order valence-electron chi connectivity index (χ0n) is 21.2. The molecule has 0 fully saturated rings. The molecule has 0 radical (unpaired) electrons. The van der Waals surface area contributed by atoms with Crippen LogP contribution in [0.15, 0.2) is 78.9 Å². The zero-order valence-corrected chi connectivity index (χ0v) is 23.8. The fourth-order valence-corrected chi connectivity index (χ4v) is 9.66. The van der Waals surface area contributed by atoms with E-state index in [0.717, 1.165) is 21.5 Å². The molecule has 0 saturated carbocycles. The van der Waals surface area contributed by atoms with E-state index in [-0.39, 0.29) is 17.6 Å². The first-order valence-electron chi connectivity index (χ1n) is 11.7. The Bertz CT molecular complexity index is 1140. The molecule has 6 heteroatoms. The molecule has 0 heterocycles. The predicted molar refractivity (Wildman–Crippen MR) is 151 cm³/mol. The van der Waals surface area contributed by atoms with Crippen LogP contribution in [0.4, 0.5) is 0 Å². The summed E-state index contributed by atoms with van der Waals surface area (Å²) >= 11 is 6.58. The van der Waals surface area contributed by atoms with E-state index in [4.69, 9.17) is 20.9 Å². The average molecular weight is 515 g/mol. The number of rotatable bonds is 8. The molecule has 3 aromatic carbocycles. The van der Waals surface area contributed by atoms with E-state index in [0.29, 0.717) is 5.30 Å². The first-order valence-corrected chi connectivity index (χ1v) is 16.1. The largest absolute Gasteiger partial charge is 0.361 e. The van der Waals surface area contributed by atoms with Gasteiger partial charge in [-0.3, -0.25) is 4.57 Å². The summed E-state index contributed by atoms with van der Waals surface area (Å²) in [6, 6.07) is 24.3. The summed E-state index contributed by atoms with van der Waals surface area (Å²) < 4.78 is 26.2. The average Bonchev–Trinajstić information content (AvgIpc) is 2.77. The van der Waals surface area contributed by atoms with Gasteiger partial charge in [0, 0.05) is 6.04 Å². The molecule has 3 aromatic rings. The van der Waals surface area contributed by atoms with Crippen molar-refractivity contribution >= 4 is 46.7 Å². The Balaban J connectivity index is 2.38. The smallest absolute Gasteiger partial charge is 0.302 e. The van der Waals surface area contributed by atoms with Crippen LogP contribution in [0.1, 0.15) is 54.0 Å². The molecule has 34 heavy (non-hydrogen) atoms. The van der Waals surface area contributed by atoms with E-state index in [1.54, 1.807) is 0 Å². The maximum Gasteiger partial charge on any atom is 0.361 e. The third kappa shape index (κ3) is 5.99. The molecule has 182 valence electrons. The molecule has 0 spiro atoms. The van der Waals surface area contributed by atoms with Gasteiger partial charge in [-0.05, 0) is 72.8 Å². The Labute approximate surface area is 210 Å².